The average Bonchev–Trinajstić information content (AvgIpc) is 3.10. The van der Waals surface area contributed by atoms with Crippen LogP contribution < -0.4 is 11.1 Å². The van der Waals surface area contributed by atoms with Crippen LogP contribution in [0, 0.1) is 13.8 Å². The number of hydrogen-bond acceptors (Lipinski definition) is 5. The van der Waals surface area contributed by atoms with Crippen LogP contribution in [0.4, 0.5) is 11.5 Å². The van der Waals surface area contributed by atoms with E-state index in [1.807, 2.05) is 20.0 Å². The number of nitrogen functional groups attached to an aromatic ring is 1. The summed E-state index contributed by atoms with van der Waals surface area (Å²) in [6, 6.07) is 0. The molecule has 0 aliphatic carbocycles. The Hall–Kier alpha value is -2.57. The van der Waals surface area contributed by atoms with Crippen LogP contribution in [-0.4, -0.2) is 31.1 Å². The van der Waals surface area contributed by atoms with Crippen LogP contribution in [0.25, 0.3) is 5.65 Å². The monoisotopic (exact) mass is 285 g/mol. The molecule has 3 aromatic heterocycles. The Kier molecular flexibility index (Phi) is 3.47. The fourth-order valence-corrected chi connectivity index (χ4v) is 2.31. The van der Waals surface area contributed by atoms with E-state index in [1.54, 1.807) is 16.9 Å². The van der Waals surface area contributed by atoms with Gasteiger partial charge in [0.2, 0.25) is 0 Å². The topological polar surface area (TPSA) is 96.9 Å². The zero-order chi connectivity index (χ0) is 14.8. The maximum absolute atomic E-state index is 5.90. The lowest BCUT2D eigenvalue weighted by molar-refractivity contribution is 0.803. The lowest BCUT2D eigenvalue weighted by atomic mass is 10.2. The van der Waals surface area contributed by atoms with Crippen molar-refractivity contribution in [3.8, 4) is 0 Å². The Morgan fingerprint density at radius 2 is 2.24 bits per heavy atom. The molecule has 0 bridgehead atoms. The van der Waals surface area contributed by atoms with E-state index >= 15 is 0 Å². The highest BCUT2D eigenvalue weighted by Gasteiger charge is 2.12. The van der Waals surface area contributed by atoms with E-state index in [9.17, 15) is 0 Å². The number of hydrogen-bond donors (Lipinski definition) is 3. The van der Waals surface area contributed by atoms with Crippen molar-refractivity contribution in [2.45, 2.75) is 26.7 Å². The summed E-state index contributed by atoms with van der Waals surface area (Å²) in [5.74, 6) is 1.96. The first-order chi connectivity index (χ1) is 10.2. The molecule has 0 fully saturated rings. The third-order valence-electron chi connectivity index (χ3n) is 3.59. The van der Waals surface area contributed by atoms with Gasteiger partial charge in [-0.3, -0.25) is 0 Å². The van der Waals surface area contributed by atoms with Crippen molar-refractivity contribution in [3.63, 3.8) is 0 Å². The number of H-pyrrole nitrogens is 1. The zero-order valence-corrected chi connectivity index (χ0v) is 12.2. The number of aromatic nitrogens is 5. The quantitative estimate of drug-likeness (QED) is 0.620. The molecule has 21 heavy (non-hydrogen) atoms. The van der Waals surface area contributed by atoms with Gasteiger partial charge in [-0.25, -0.2) is 9.97 Å². The van der Waals surface area contributed by atoms with Crippen LogP contribution in [0.2, 0.25) is 0 Å². The Balaban J connectivity index is 1.75. The number of anilines is 2. The van der Waals surface area contributed by atoms with Crippen molar-refractivity contribution in [3.05, 3.63) is 35.7 Å². The molecule has 7 heteroatoms. The van der Waals surface area contributed by atoms with Crippen LogP contribution in [0.15, 0.2) is 18.6 Å². The van der Waals surface area contributed by atoms with Gasteiger partial charge in [-0.2, -0.15) is 9.61 Å². The first-order valence-electron chi connectivity index (χ1n) is 6.99. The molecule has 3 heterocycles. The van der Waals surface area contributed by atoms with E-state index in [0.717, 1.165) is 42.3 Å². The maximum atomic E-state index is 5.90. The Labute approximate surface area is 122 Å². The molecule has 3 aromatic rings. The molecule has 3 rings (SSSR count). The van der Waals surface area contributed by atoms with Gasteiger partial charge in [-0.1, -0.05) is 0 Å². The second kappa shape index (κ2) is 5.43. The molecule has 0 spiro atoms. The van der Waals surface area contributed by atoms with Crippen LogP contribution in [0.5, 0.6) is 0 Å². The van der Waals surface area contributed by atoms with E-state index in [0.29, 0.717) is 11.3 Å². The minimum Gasteiger partial charge on any atom is -0.394 e. The van der Waals surface area contributed by atoms with Crippen molar-refractivity contribution < 1.29 is 0 Å². The second-order valence-corrected chi connectivity index (χ2v) is 5.07. The number of rotatable bonds is 5. The molecule has 0 saturated heterocycles. The van der Waals surface area contributed by atoms with Crippen LogP contribution in [0.1, 0.15) is 23.5 Å². The molecule has 0 aliphatic rings. The summed E-state index contributed by atoms with van der Waals surface area (Å²) in [7, 11) is 0. The predicted octanol–water partition coefficient (Wildman–Crippen LogP) is 1.70. The van der Waals surface area contributed by atoms with Crippen molar-refractivity contribution in [2.75, 3.05) is 17.6 Å². The van der Waals surface area contributed by atoms with Gasteiger partial charge in [-0.15, -0.1) is 0 Å². The number of nitrogens with two attached hydrogens (primary N) is 1. The van der Waals surface area contributed by atoms with Crippen molar-refractivity contribution in [2.24, 2.45) is 0 Å². The summed E-state index contributed by atoms with van der Waals surface area (Å²) >= 11 is 0. The van der Waals surface area contributed by atoms with Gasteiger partial charge in [0.05, 0.1) is 11.9 Å². The number of nitrogens with one attached hydrogen (secondary N) is 2. The highest BCUT2D eigenvalue weighted by Crippen LogP contribution is 2.22. The van der Waals surface area contributed by atoms with Gasteiger partial charge in [0, 0.05) is 36.6 Å². The molecule has 0 radical (unpaired) electrons. The van der Waals surface area contributed by atoms with Gasteiger partial charge in [-0.05, 0) is 20.3 Å². The number of aromatic amines is 1. The fraction of sp³-hybridized carbons (Fsp3) is 0.357. The van der Waals surface area contributed by atoms with E-state index < -0.39 is 0 Å². The number of aryl methyl sites for hydroxylation is 2. The van der Waals surface area contributed by atoms with Gasteiger partial charge in [0.1, 0.15) is 11.6 Å². The molecule has 0 unspecified atom stereocenters. The van der Waals surface area contributed by atoms with Crippen molar-refractivity contribution in [1.29, 1.82) is 0 Å². The molecule has 0 aromatic carbocycles. The predicted molar refractivity (Wildman–Crippen MR) is 82.3 cm³/mol. The Morgan fingerprint density at radius 1 is 1.38 bits per heavy atom. The molecule has 0 amide bonds. The molecular formula is C14H19N7. The highest BCUT2D eigenvalue weighted by molar-refractivity contribution is 5.68. The van der Waals surface area contributed by atoms with E-state index in [4.69, 9.17) is 5.73 Å². The third-order valence-corrected chi connectivity index (χ3v) is 3.59. The van der Waals surface area contributed by atoms with E-state index in [1.165, 1.54) is 0 Å². The lowest BCUT2D eigenvalue weighted by Crippen LogP contribution is -2.11. The van der Waals surface area contributed by atoms with Gasteiger partial charge in [0.25, 0.3) is 0 Å². The molecule has 0 atom stereocenters. The molecular weight excluding hydrogens is 266 g/mol. The first-order valence-corrected chi connectivity index (χ1v) is 6.99. The highest BCUT2D eigenvalue weighted by atomic mass is 15.3. The lowest BCUT2D eigenvalue weighted by Gasteiger charge is -2.13. The van der Waals surface area contributed by atoms with Crippen LogP contribution in [-0.2, 0) is 6.42 Å². The summed E-state index contributed by atoms with van der Waals surface area (Å²) in [6.45, 7) is 4.85. The minimum absolute atomic E-state index is 0.594. The van der Waals surface area contributed by atoms with E-state index in [2.05, 4.69) is 25.4 Å². The van der Waals surface area contributed by atoms with Crippen LogP contribution in [0.3, 0.4) is 0 Å². The van der Waals surface area contributed by atoms with Crippen molar-refractivity contribution in [1.82, 2.24) is 24.6 Å². The molecule has 110 valence electrons. The van der Waals surface area contributed by atoms with E-state index in [-0.39, 0.29) is 0 Å². The largest absolute Gasteiger partial charge is 0.394 e. The zero-order valence-electron chi connectivity index (χ0n) is 12.2. The number of fused-ring (bicyclic) bond motifs is 1. The Morgan fingerprint density at radius 3 is 3.00 bits per heavy atom. The first kappa shape index (κ1) is 13.4. The van der Waals surface area contributed by atoms with Crippen molar-refractivity contribution >= 4 is 17.2 Å². The normalized spacial score (nSPS) is 11.1. The third kappa shape index (κ3) is 2.54. The van der Waals surface area contributed by atoms with Gasteiger partial charge >= 0.3 is 0 Å². The summed E-state index contributed by atoms with van der Waals surface area (Å²) in [6.07, 6.45) is 7.14. The molecule has 7 nitrogen and oxygen atoms in total. The molecule has 0 aliphatic heterocycles. The Bertz CT molecular complexity index is 742. The molecule has 4 N–H and O–H groups in total. The summed E-state index contributed by atoms with van der Waals surface area (Å²) in [5.41, 5.74) is 9.24. The summed E-state index contributed by atoms with van der Waals surface area (Å²) in [5, 5.41) is 7.73. The maximum Gasteiger partial charge on any atom is 0.180 e. The summed E-state index contributed by atoms with van der Waals surface area (Å²) < 4.78 is 1.77. The van der Waals surface area contributed by atoms with Gasteiger partial charge in [0.15, 0.2) is 5.65 Å². The SMILES string of the molecule is Cc1nc2c(N)cnn2c(NCCCc2ncc[nH]2)c1C. The number of nitrogens with zero attached hydrogens (tertiary/aromatic N) is 4. The number of imidazole rings is 1. The second-order valence-electron chi connectivity index (χ2n) is 5.07. The summed E-state index contributed by atoms with van der Waals surface area (Å²) in [4.78, 5) is 11.8. The average molecular weight is 285 g/mol. The van der Waals surface area contributed by atoms with Gasteiger partial charge < -0.3 is 16.0 Å². The molecule has 0 saturated carbocycles. The van der Waals surface area contributed by atoms with Crippen LogP contribution >= 0.6 is 0 Å². The minimum atomic E-state index is 0.594. The standard InChI is InChI=1S/C14H19N7/c1-9-10(2)20-14-11(15)8-19-21(14)13(9)18-5-3-4-12-16-6-7-17-12/h6-8,18H,3-5,15H2,1-2H3,(H,16,17). The smallest absolute Gasteiger partial charge is 0.180 e. The fourth-order valence-electron chi connectivity index (χ4n) is 2.31.